The van der Waals surface area contributed by atoms with Crippen LogP contribution in [0.15, 0.2) is 17.2 Å². The second kappa shape index (κ2) is 8.30. The number of carbonyl (C=O) groups is 1. The average Bonchev–Trinajstić information content (AvgIpc) is 3.14. The lowest BCUT2D eigenvalue weighted by Gasteiger charge is -2.35. The standard InChI is InChI=1S/C19H18F6N6O2/c20-18(21,22)11-8-26-17(27-9-11)31-5-3-30(4-6-31)13(32)7-10-1-2-12-14(19(23,24)25)16(33)29-28-15(10)12/h8-10H,1-7H2,(H,29,33)/t10-/m0/s1. The summed E-state index contributed by atoms with van der Waals surface area (Å²) in [6.07, 6.45) is -7.72. The van der Waals surface area contributed by atoms with Crippen molar-refractivity contribution in [3.8, 4) is 0 Å². The third kappa shape index (κ3) is 4.64. The highest BCUT2D eigenvalue weighted by molar-refractivity contribution is 5.77. The number of H-pyrrole nitrogens is 1. The molecule has 1 atom stereocenters. The second-order valence-electron chi connectivity index (χ2n) is 7.87. The van der Waals surface area contributed by atoms with Crippen molar-refractivity contribution >= 4 is 11.9 Å². The smallest absolute Gasteiger partial charge is 0.339 e. The number of hydrogen-bond acceptors (Lipinski definition) is 6. The average molecular weight is 476 g/mol. The third-order valence-electron chi connectivity index (χ3n) is 5.83. The van der Waals surface area contributed by atoms with Crippen LogP contribution in [0.4, 0.5) is 32.3 Å². The molecule has 1 aliphatic carbocycles. The van der Waals surface area contributed by atoms with Crippen LogP contribution in [0.1, 0.15) is 41.1 Å². The summed E-state index contributed by atoms with van der Waals surface area (Å²) >= 11 is 0. The van der Waals surface area contributed by atoms with Crippen LogP contribution < -0.4 is 10.5 Å². The van der Waals surface area contributed by atoms with E-state index in [2.05, 4.69) is 15.1 Å². The molecule has 0 radical (unpaired) electrons. The van der Waals surface area contributed by atoms with Crippen LogP contribution in [-0.2, 0) is 23.6 Å². The fourth-order valence-electron chi connectivity index (χ4n) is 4.17. The van der Waals surface area contributed by atoms with E-state index in [1.54, 1.807) is 4.90 Å². The Morgan fingerprint density at radius 1 is 1.03 bits per heavy atom. The summed E-state index contributed by atoms with van der Waals surface area (Å²) in [5.74, 6) is -0.697. The number of halogens is 6. The fourth-order valence-corrected chi connectivity index (χ4v) is 4.17. The van der Waals surface area contributed by atoms with Crippen molar-refractivity contribution in [1.29, 1.82) is 0 Å². The van der Waals surface area contributed by atoms with Crippen LogP contribution in [0.5, 0.6) is 0 Å². The predicted molar refractivity (Wildman–Crippen MR) is 101 cm³/mol. The first-order valence-electron chi connectivity index (χ1n) is 10.1. The molecule has 3 heterocycles. The van der Waals surface area contributed by atoms with Gasteiger partial charge in [0.15, 0.2) is 0 Å². The van der Waals surface area contributed by atoms with Gasteiger partial charge in [-0.1, -0.05) is 0 Å². The number of nitrogens with zero attached hydrogens (tertiary/aromatic N) is 5. The molecular weight excluding hydrogens is 458 g/mol. The zero-order valence-electron chi connectivity index (χ0n) is 17.0. The Bertz CT molecular complexity index is 1090. The Hall–Kier alpha value is -3.19. The normalized spacial score (nSPS) is 19.0. The highest BCUT2D eigenvalue weighted by Crippen LogP contribution is 2.39. The minimum absolute atomic E-state index is 0.0120. The maximum atomic E-state index is 13.2. The van der Waals surface area contributed by atoms with Crippen LogP contribution in [0.3, 0.4) is 0 Å². The highest BCUT2D eigenvalue weighted by atomic mass is 19.4. The SMILES string of the molecule is O=C(C[C@@H]1CCc2c1n[nH]c(=O)c2C(F)(F)F)N1CCN(c2ncc(C(F)(F)F)cn2)CC1. The fraction of sp³-hybridized carbons (Fsp3) is 0.526. The molecule has 14 heteroatoms. The molecule has 0 saturated carbocycles. The molecule has 8 nitrogen and oxygen atoms in total. The van der Waals surface area contributed by atoms with Crippen molar-refractivity contribution < 1.29 is 31.1 Å². The molecule has 1 N–H and O–H groups in total. The summed E-state index contributed by atoms with van der Waals surface area (Å²) in [7, 11) is 0. The van der Waals surface area contributed by atoms with Crippen LogP contribution in [0.25, 0.3) is 0 Å². The lowest BCUT2D eigenvalue weighted by molar-refractivity contribution is -0.139. The number of aromatic nitrogens is 4. The number of aromatic amines is 1. The maximum Gasteiger partial charge on any atom is 0.422 e. The number of nitrogens with one attached hydrogen (secondary N) is 1. The Kier molecular flexibility index (Phi) is 5.78. The Morgan fingerprint density at radius 2 is 1.67 bits per heavy atom. The van der Waals surface area contributed by atoms with E-state index in [1.807, 2.05) is 5.10 Å². The van der Waals surface area contributed by atoms with Crippen LogP contribution in [0.2, 0.25) is 0 Å². The number of alkyl halides is 6. The zero-order valence-corrected chi connectivity index (χ0v) is 17.0. The summed E-state index contributed by atoms with van der Waals surface area (Å²) < 4.78 is 77.7. The molecule has 0 bridgehead atoms. The second-order valence-corrected chi connectivity index (χ2v) is 7.87. The molecule has 1 amide bonds. The maximum absolute atomic E-state index is 13.2. The van der Waals surface area contributed by atoms with Crippen molar-refractivity contribution in [2.45, 2.75) is 37.5 Å². The van der Waals surface area contributed by atoms with Crippen molar-refractivity contribution in [2.75, 3.05) is 31.1 Å². The lowest BCUT2D eigenvalue weighted by Crippen LogP contribution is -2.49. The number of anilines is 1. The van der Waals surface area contributed by atoms with Gasteiger partial charge < -0.3 is 9.80 Å². The van der Waals surface area contributed by atoms with E-state index in [4.69, 9.17) is 0 Å². The van der Waals surface area contributed by atoms with Gasteiger partial charge in [-0.05, 0) is 18.4 Å². The molecule has 33 heavy (non-hydrogen) atoms. The molecule has 4 rings (SSSR count). The monoisotopic (exact) mass is 476 g/mol. The van der Waals surface area contributed by atoms with Gasteiger partial charge in [0.25, 0.3) is 5.56 Å². The Labute approximate surface area is 182 Å². The molecule has 0 unspecified atom stereocenters. The van der Waals surface area contributed by atoms with Gasteiger partial charge in [0.2, 0.25) is 11.9 Å². The first kappa shape index (κ1) is 23.0. The van der Waals surface area contributed by atoms with Gasteiger partial charge in [-0.15, -0.1) is 0 Å². The van der Waals surface area contributed by atoms with E-state index in [0.717, 1.165) is 0 Å². The number of piperazine rings is 1. The molecule has 0 spiro atoms. The lowest BCUT2D eigenvalue weighted by atomic mass is 10.0. The summed E-state index contributed by atoms with van der Waals surface area (Å²) in [5.41, 5.74) is -3.58. The number of hydrogen-bond donors (Lipinski definition) is 1. The summed E-state index contributed by atoms with van der Waals surface area (Å²) in [6, 6.07) is 0. The highest BCUT2D eigenvalue weighted by Gasteiger charge is 2.42. The molecule has 178 valence electrons. The van der Waals surface area contributed by atoms with Crippen LogP contribution in [0, 0.1) is 0 Å². The Balaban J connectivity index is 1.38. The Morgan fingerprint density at radius 3 is 2.24 bits per heavy atom. The number of rotatable bonds is 3. The first-order valence-corrected chi connectivity index (χ1v) is 10.1. The minimum Gasteiger partial charge on any atom is -0.339 e. The zero-order chi connectivity index (χ0) is 24.0. The van der Waals surface area contributed by atoms with Crippen molar-refractivity contribution in [3.05, 3.63) is 45.1 Å². The molecule has 2 aliphatic rings. The van der Waals surface area contributed by atoms with Gasteiger partial charge in [-0.2, -0.15) is 31.4 Å². The van der Waals surface area contributed by atoms with E-state index < -0.39 is 35.0 Å². The summed E-state index contributed by atoms with van der Waals surface area (Å²) in [5, 5.41) is 5.66. The van der Waals surface area contributed by atoms with Gasteiger partial charge in [0.05, 0.1) is 11.3 Å². The molecular formula is C19H18F6N6O2. The molecule has 1 saturated heterocycles. The quantitative estimate of drug-likeness (QED) is 0.684. The first-order chi connectivity index (χ1) is 15.4. The van der Waals surface area contributed by atoms with Gasteiger partial charge in [-0.3, -0.25) is 9.59 Å². The number of fused-ring (bicyclic) bond motifs is 1. The van der Waals surface area contributed by atoms with E-state index >= 15 is 0 Å². The topological polar surface area (TPSA) is 95.1 Å². The van der Waals surface area contributed by atoms with Crippen molar-refractivity contribution in [2.24, 2.45) is 0 Å². The van der Waals surface area contributed by atoms with Crippen LogP contribution >= 0.6 is 0 Å². The van der Waals surface area contributed by atoms with E-state index in [9.17, 15) is 35.9 Å². The molecule has 0 aromatic carbocycles. The van der Waals surface area contributed by atoms with Gasteiger partial charge in [0.1, 0.15) is 5.56 Å². The number of carbonyl (C=O) groups excluding carboxylic acids is 1. The largest absolute Gasteiger partial charge is 0.422 e. The van der Waals surface area contributed by atoms with Gasteiger partial charge in [0, 0.05) is 50.9 Å². The van der Waals surface area contributed by atoms with Crippen molar-refractivity contribution in [3.63, 3.8) is 0 Å². The minimum atomic E-state index is -4.81. The summed E-state index contributed by atoms with van der Waals surface area (Å²) in [6.45, 7) is 1.11. The van der Waals surface area contributed by atoms with E-state index in [0.29, 0.717) is 25.5 Å². The number of amides is 1. The molecule has 2 aromatic rings. The van der Waals surface area contributed by atoms with E-state index in [-0.39, 0.29) is 55.5 Å². The van der Waals surface area contributed by atoms with E-state index in [1.165, 1.54) is 4.90 Å². The van der Waals surface area contributed by atoms with Gasteiger partial charge in [-0.25, -0.2) is 15.1 Å². The predicted octanol–water partition coefficient (Wildman–Crippen LogP) is 2.37. The molecule has 2 aromatic heterocycles. The van der Waals surface area contributed by atoms with Crippen molar-refractivity contribution in [1.82, 2.24) is 25.1 Å². The third-order valence-corrected chi connectivity index (χ3v) is 5.83. The summed E-state index contributed by atoms with van der Waals surface area (Å²) in [4.78, 5) is 35.0. The van der Waals surface area contributed by atoms with Crippen LogP contribution in [-0.4, -0.2) is 57.2 Å². The van der Waals surface area contributed by atoms with Gasteiger partial charge >= 0.3 is 12.4 Å². The molecule has 1 aliphatic heterocycles. The molecule has 1 fully saturated rings.